The second-order valence-electron chi connectivity index (χ2n) is 1.76. The van der Waals surface area contributed by atoms with Crippen molar-refractivity contribution in [2.45, 2.75) is 0 Å². The van der Waals surface area contributed by atoms with Gasteiger partial charge in [0.25, 0.3) is 0 Å². The molecule has 0 amide bonds. The van der Waals surface area contributed by atoms with Crippen LogP contribution in [-0.4, -0.2) is 18.5 Å². The summed E-state index contributed by atoms with van der Waals surface area (Å²) < 4.78 is 0. The Hall–Kier alpha value is -0.570. The van der Waals surface area contributed by atoms with Crippen LogP contribution in [0.25, 0.3) is 0 Å². The summed E-state index contributed by atoms with van der Waals surface area (Å²) in [7, 11) is 1.00. The molecule has 1 aromatic carbocycles. The van der Waals surface area contributed by atoms with E-state index in [0.717, 1.165) is 7.11 Å². The first-order valence-corrected chi connectivity index (χ1v) is 3.85. The second kappa shape index (κ2) is 6.00. The van der Waals surface area contributed by atoms with Crippen molar-refractivity contribution >= 4 is 29.5 Å². The van der Waals surface area contributed by atoms with Gasteiger partial charge in [-0.05, 0) is 6.07 Å². The molecule has 0 aliphatic heterocycles. The Bertz CT molecular complexity index is 261. The fraction of sp³-hybridized carbons (Fsp3) is 0.125. The van der Waals surface area contributed by atoms with Crippen LogP contribution in [0, 0.1) is 0 Å². The van der Waals surface area contributed by atoms with Crippen molar-refractivity contribution in [3.05, 3.63) is 33.8 Å². The highest BCUT2D eigenvalue weighted by molar-refractivity contribution is 6.43. The van der Waals surface area contributed by atoms with Gasteiger partial charge in [-0.15, -0.1) is 0 Å². The Labute approximate surface area is 80.7 Å². The van der Waals surface area contributed by atoms with Crippen LogP contribution in [0.3, 0.4) is 0 Å². The van der Waals surface area contributed by atoms with Crippen LogP contribution < -0.4 is 0 Å². The molecule has 2 nitrogen and oxygen atoms in total. The van der Waals surface area contributed by atoms with Gasteiger partial charge in [-0.2, -0.15) is 0 Å². The molecule has 1 aromatic rings. The van der Waals surface area contributed by atoms with Gasteiger partial charge in [-0.3, -0.25) is 4.79 Å². The van der Waals surface area contributed by atoms with E-state index in [4.69, 9.17) is 28.3 Å². The molecule has 0 spiro atoms. The molecule has 0 saturated carbocycles. The molecular formula is C8H8Cl2O2. The molecule has 0 aliphatic carbocycles. The van der Waals surface area contributed by atoms with Crippen LogP contribution >= 0.6 is 23.2 Å². The zero-order valence-electron chi connectivity index (χ0n) is 6.42. The molecule has 0 aromatic heterocycles. The number of halogens is 2. The first-order valence-electron chi connectivity index (χ1n) is 3.09. The summed E-state index contributed by atoms with van der Waals surface area (Å²) in [5, 5.41) is 7.73. The van der Waals surface area contributed by atoms with Crippen molar-refractivity contribution in [1.29, 1.82) is 0 Å². The molecule has 0 heterocycles. The number of carbonyl (C=O) groups is 1. The Balaban J connectivity index is 0.000000561. The number of rotatable bonds is 1. The van der Waals surface area contributed by atoms with Gasteiger partial charge in [-0.1, -0.05) is 35.3 Å². The highest BCUT2D eigenvalue weighted by Crippen LogP contribution is 2.23. The molecule has 0 fully saturated rings. The number of carbonyl (C=O) groups excluding carboxylic acids is 1. The van der Waals surface area contributed by atoms with Crippen LogP contribution in [0.2, 0.25) is 10.0 Å². The topological polar surface area (TPSA) is 37.3 Å². The van der Waals surface area contributed by atoms with Crippen LogP contribution in [-0.2, 0) is 0 Å². The Kier molecular flexibility index (Phi) is 5.72. The smallest absolute Gasteiger partial charge is 0.151 e. The first-order chi connectivity index (χ1) is 5.75. The lowest BCUT2D eigenvalue weighted by molar-refractivity contribution is 0.112. The predicted octanol–water partition coefficient (Wildman–Crippen LogP) is 2.41. The number of aliphatic hydroxyl groups is 1. The summed E-state index contributed by atoms with van der Waals surface area (Å²) >= 11 is 11.2. The van der Waals surface area contributed by atoms with E-state index in [-0.39, 0.29) is 0 Å². The van der Waals surface area contributed by atoms with Crippen molar-refractivity contribution < 1.29 is 9.90 Å². The lowest BCUT2D eigenvalue weighted by Gasteiger charge is -1.95. The quantitative estimate of drug-likeness (QED) is 0.718. The van der Waals surface area contributed by atoms with Crippen molar-refractivity contribution in [1.82, 2.24) is 0 Å². The molecule has 66 valence electrons. The lowest BCUT2D eigenvalue weighted by atomic mass is 10.2. The SMILES string of the molecule is CO.O=Cc1cccc(Cl)c1Cl. The molecular weight excluding hydrogens is 199 g/mol. The van der Waals surface area contributed by atoms with Gasteiger partial charge >= 0.3 is 0 Å². The average Bonchev–Trinajstić information content (AvgIpc) is 2.13. The van der Waals surface area contributed by atoms with Crippen LogP contribution in [0.5, 0.6) is 0 Å². The Morgan fingerprint density at radius 1 is 1.33 bits per heavy atom. The Morgan fingerprint density at radius 3 is 2.33 bits per heavy atom. The molecule has 12 heavy (non-hydrogen) atoms. The summed E-state index contributed by atoms with van der Waals surface area (Å²) in [6, 6.07) is 4.93. The summed E-state index contributed by atoms with van der Waals surface area (Å²) in [5.41, 5.74) is 0.425. The fourth-order valence-corrected chi connectivity index (χ4v) is 0.964. The molecule has 1 rings (SSSR count). The van der Waals surface area contributed by atoms with Crippen LogP contribution in [0.4, 0.5) is 0 Å². The van der Waals surface area contributed by atoms with Gasteiger partial charge in [0, 0.05) is 12.7 Å². The number of aldehydes is 1. The minimum Gasteiger partial charge on any atom is -0.400 e. The summed E-state index contributed by atoms with van der Waals surface area (Å²) in [6.45, 7) is 0. The van der Waals surface area contributed by atoms with Gasteiger partial charge in [0.15, 0.2) is 6.29 Å². The third-order valence-corrected chi connectivity index (χ3v) is 1.94. The second-order valence-corrected chi connectivity index (χ2v) is 2.55. The van der Waals surface area contributed by atoms with E-state index in [0.29, 0.717) is 21.9 Å². The maximum absolute atomic E-state index is 10.2. The summed E-state index contributed by atoms with van der Waals surface area (Å²) in [6.07, 6.45) is 0.675. The summed E-state index contributed by atoms with van der Waals surface area (Å²) in [5.74, 6) is 0. The third-order valence-electron chi connectivity index (χ3n) is 1.11. The zero-order chi connectivity index (χ0) is 9.56. The van der Waals surface area contributed by atoms with Crippen molar-refractivity contribution in [2.75, 3.05) is 7.11 Å². The Morgan fingerprint density at radius 2 is 1.92 bits per heavy atom. The summed E-state index contributed by atoms with van der Waals surface area (Å²) in [4.78, 5) is 10.2. The number of aliphatic hydroxyl groups excluding tert-OH is 1. The first kappa shape index (κ1) is 11.4. The molecule has 0 aliphatic rings. The van der Waals surface area contributed by atoms with Gasteiger partial charge < -0.3 is 5.11 Å². The van der Waals surface area contributed by atoms with E-state index in [9.17, 15) is 4.79 Å². The maximum atomic E-state index is 10.2. The van der Waals surface area contributed by atoms with E-state index >= 15 is 0 Å². The number of hydrogen-bond acceptors (Lipinski definition) is 2. The standard InChI is InChI=1S/C7H4Cl2O.CH4O/c8-6-3-1-2-5(4-10)7(6)9;1-2/h1-4H;2H,1H3. The lowest BCUT2D eigenvalue weighted by Crippen LogP contribution is -1.80. The molecule has 0 atom stereocenters. The third kappa shape index (κ3) is 2.81. The fourth-order valence-electron chi connectivity index (χ4n) is 0.611. The highest BCUT2D eigenvalue weighted by atomic mass is 35.5. The van der Waals surface area contributed by atoms with E-state index < -0.39 is 0 Å². The number of benzene rings is 1. The average molecular weight is 207 g/mol. The monoisotopic (exact) mass is 206 g/mol. The van der Waals surface area contributed by atoms with E-state index in [2.05, 4.69) is 0 Å². The van der Waals surface area contributed by atoms with Crippen molar-refractivity contribution in [2.24, 2.45) is 0 Å². The van der Waals surface area contributed by atoms with Crippen LogP contribution in [0.1, 0.15) is 10.4 Å². The minimum absolute atomic E-state index is 0.319. The predicted molar refractivity (Wildman–Crippen MR) is 50.0 cm³/mol. The molecule has 4 heteroatoms. The molecule has 0 unspecified atom stereocenters. The maximum Gasteiger partial charge on any atom is 0.151 e. The molecule has 0 bridgehead atoms. The largest absolute Gasteiger partial charge is 0.400 e. The van der Waals surface area contributed by atoms with E-state index in [1.807, 2.05) is 0 Å². The number of hydrogen-bond donors (Lipinski definition) is 1. The minimum atomic E-state index is 0.319. The van der Waals surface area contributed by atoms with Gasteiger partial charge in [-0.25, -0.2) is 0 Å². The van der Waals surface area contributed by atoms with E-state index in [1.165, 1.54) is 0 Å². The normalized spacial score (nSPS) is 8.33. The molecule has 0 saturated heterocycles. The van der Waals surface area contributed by atoms with E-state index in [1.54, 1.807) is 18.2 Å². The molecule has 1 N–H and O–H groups in total. The van der Waals surface area contributed by atoms with Crippen molar-refractivity contribution in [3.63, 3.8) is 0 Å². The van der Waals surface area contributed by atoms with Gasteiger partial charge in [0.1, 0.15) is 0 Å². The van der Waals surface area contributed by atoms with Crippen molar-refractivity contribution in [3.8, 4) is 0 Å². The molecule has 0 radical (unpaired) electrons. The zero-order valence-corrected chi connectivity index (χ0v) is 7.93. The van der Waals surface area contributed by atoms with Gasteiger partial charge in [0.2, 0.25) is 0 Å². The van der Waals surface area contributed by atoms with Gasteiger partial charge in [0.05, 0.1) is 10.0 Å². The highest BCUT2D eigenvalue weighted by Gasteiger charge is 2.00. The van der Waals surface area contributed by atoms with Crippen LogP contribution in [0.15, 0.2) is 18.2 Å².